The van der Waals surface area contributed by atoms with Crippen LogP contribution in [0.15, 0.2) is 0 Å². The summed E-state index contributed by atoms with van der Waals surface area (Å²) < 4.78 is 0. The summed E-state index contributed by atoms with van der Waals surface area (Å²) in [6.45, 7) is 5.55. The van der Waals surface area contributed by atoms with E-state index < -0.39 is 12.0 Å². The number of piperidine rings is 1. The Morgan fingerprint density at radius 2 is 1.86 bits per heavy atom. The van der Waals surface area contributed by atoms with E-state index in [0.29, 0.717) is 26.1 Å². The first-order chi connectivity index (χ1) is 10.5. The molecule has 2 saturated heterocycles. The molecular formula is C16H26N2O4. The second kappa shape index (κ2) is 7.11. The third-order valence-corrected chi connectivity index (χ3v) is 4.94. The van der Waals surface area contributed by atoms with Crippen molar-refractivity contribution in [2.45, 2.75) is 52.0 Å². The zero-order chi connectivity index (χ0) is 16.3. The van der Waals surface area contributed by atoms with Gasteiger partial charge in [0.2, 0.25) is 11.8 Å². The second-order valence-electron chi connectivity index (χ2n) is 6.46. The fraction of sp³-hybridized carbons (Fsp3) is 0.812. The number of aliphatic carboxylic acids is 1. The number of amides is 2. The summed E-state index contributed by atoms with van der Waals surface area (Å²) in [4.78, 5) is 39.5. The van der Waals surface area contributed by atoms with Crippen LogP contribution in [0.1, 0.15) is 46.0 Å². The van der Waals surface area contributed by atoms with E-state index in [9.17, 15) is 19.5 Å². The number of nitrogens with zero attached hydrogens (tertiary/aromatic N) is 2. The lowest BCUT2D eigenvalue weighted by molar-refractivity contribution is -0.152. The highest BCUT2D eigenvalue weighted by atomic mass is 16.4. The zero-order valence-corrected chi connectivity index (χ0v) is 13.5. The lowest BCUT2D eigenvalue weighted by Crippen LogP contribution is -2.50. The van der Waals surface area contributed by atoms with Crippen molar-refractivity contribution in [3.63, 3.8) is 0 Å². The SMILES string of the molecule is CCC(C)C(=O)N1CCCC(C(=O)N2CCC[C@H]2C(=O)O)C1. The van der Waals surface area contributed by atoms with Crippen LogP contribution in [0.4, 0.5) is 0 Å². The molecule has 3 atom stereocenters. The molecule has 2 aliphatic rings. The van der Waals surface area contributed by atoms with Gasteiger partial charge < -0.3 is 14.9 Å². The molecule has 2 heterocycles. The standard InChI is InChI=1S/C16H26N2O4/c1-3-11(2)14(19)17-8-4-6-12(10-17)15(20)18-9-5-7-13(18)16(21)22/h11-13H,3-10H2,1-2H3,(H,21,22)/t11?,12?,13-/m0/s1. The third kappa shape index (κ3) is 3.42. The van der Waals surface area contributed by atoms with Crippen molar-refractivity contribution >= 4 is 17.8 Å². The molecule has 2 aliphatic heterocycles. The lowest BCUT2D eigenvalue weighted by atomic mass is 9.94. The van der Waals surface area contributed by atoms with Crippen LogP contribution in [0, 0.1) is 11.8 Å². The van der Waals surface area contributed by atoms with Gasteiger partial charge in [-0.3, -0.25) is 9.59 Å². The number of likely N-dealkylation sites (tertiary alicyclic amines) is 2. The molecule has 2 rings (SSSR count). The topological polar surface area (TPSA) is 77.9 Å². The van der Waals surface area contributed by atoms with Gasteiger partial charge in [0.05, 0.1) is 5.92 Å². The largest absolute Gasteiger partial charge is 0.480 e. The maximum atomic E-state index is 12.6. The maximum Gasteiger partial charge on any atom is 0.326 e. The van der Waals surface area contributed by atoms with Crippen molar-refractivity contribution in [3.8, 4) is 0 Å². The monoisotopic (exact) mass is 310 g/mol. The summed E-state index contributed by atoms with van der Waals surface area (Å²) in [6.07, 6.45) is 3.62. The average molecular weight is 310 g/mol. The molecule has 0 radical (unpaired) electrons. The van der Waals surface area contributed by atoms with Crippen LogP contribution in [-0.2, 0) is 14.4 Å². The van der Waals surface area contributed by atoms with Crippen molar-refractivity contribution in [3.05, 3.63) is 0 Å². The van der Waals surface area contributed by atoms with Gasteiger partial charge in [0.15, 0.2) is 0 Å². The van der Waals surface area contributed by atoms with E-state index in [-0.39, 0.29) is 23.7 Å². The first-order valence-corrected chi connectivity index (χ1v) is 8.27. The highest BCUT2D eigenvalue weighted by Crippen LogP contribution is 2.25. The molecule has 0 saturated carbocycles. The smallest absolute Gasteiger partial charge is 0.326 e. The van der Waals surface area contributed by atoms with Gasteiger partial charge in [0.25, 0.3) is 0 Å². The predicted molar refractivity (Wildman–Crippen MR) is 81.1 cm³/mol. The van der Waals surface area contributed by atoms with Crippen LogP contribution >= 0.6 is 0 Å². The van der Waals surface area contributed by atoms with E-state index in [1.54, 1.807) is 4.90 Å². The summed E-state index contributed by atoms with van der Waals surface area (Å²) in [5.74, 6) is -1.17. The maximum absolute atomic E-state index is 12.6. The van der Waals surface area contributed by atoms with E-state index in [1.165, 1.54) is 4.90 Å². The van der Waals surface area contributed by atoms with E-state index in [4.69, 9.17) is 0 Å². The number of hydrogen-bond donors (Lipinski definition) is 1. The van der Waals surface area contributed by atoms with Crippen LogP contribution in [0.3, 0.4) is 0 Å². The van der Waals surface area contributed by atoms with Crippen LogP contribution < -0.4 is 0 Å². The number of carbonyl (C=O) groups excluding carboxylic acids is 2. The molecule has 0 bridgehead atoms. The van der Waals surface area contributed by atoms with Crippen LogP contribution in [0.2, 0.25) is 0 Å². The van der Waals surface area contributed by atoms with Gasteiger partial charge in [0, 0.05) is 25.6 Å². The van der Waals surface area contributed by atoms with E-state index >= 15 is 0 Å². The van der Waals surface area contributed by atoms with Crippen LogP contribution in [-0.4, -0.2) is 58.4 Å². The van der Waals surface area contributed by atoms with Gasteiger partial charge >= 0.3 is 5.97 Å². The summed E-state index contributed by atoms with van der Waals surface area (Å²) in [7, 11) is 0. The van der Waals surface area contributed by atoms with Gasteiger partial charge in [-0.05, 0) is 32.1 Å². The molecule has 0 aromatic rings. The number of hydrogen-bond acceptors (Lipinski definition) is 3. The molecule has 2 fully saturated rings. The Balaban J connectivity index is 2.01. The van der Waals surface area contributed by atoms with Crippen molar-refractivity contribution in [1.29, 1.82) is 0 Å². The number of rotatable bonds is 4. The van der Waals surface area contributed by atoms with E-state index in [2.05, 4.69) is 0 Å². The molecule has 6 heteroatoms. The van der Waals surface area contributed by atoms with Crippen molar-refractivity contribution in [2.75, 3.05) is 19.6 Å². The van der Waals surface area contributed by atoms with Crippen LogP contribution in [0.25, 0.3) is 0 Å². The molecular weight excluding hydrogens is 284 g/mol. The molecule has 2 unspecified atom stereocenters. The highest BCUT2D eigenvalue weighted by molar-refractivity contribution is 5.86. The van der Waals surface area contributed by atoms with Gasteiger partial charge in [0.1, 0.15) is 6.04 Å². The van der Waals surface area contributed by atoms with Crippen molar-refractivity contribution < 1.29 is 19.5 Å². The van der Waals surface area contributed by atoms with E-state index in [1.807, 2.05) is 13.8 Å². The molecule has 2 amide bonds. The number of carbonyl (C=O) groups is 3. The second-order valence-corrected chi connectivity index (χ2v) is 6.46. The Labute approximate surface area is 131 Å². The summed E-state index contributed by atoms with van der Waals surface area (Å²) in [6, 6.07) is -0.687. The van der Waals surface area contributed by atoms with Gasteiger partial charge in [-0.1, -0.05) is 13.8 Å². The molecule has 0 aliphatic carbocycles. The van der Waals surface area contributed by atoms with Crippen molar-refractivity contribution in [2.24, 2.45) is 11.8 Å². The minimum atomic E-state index is -0.922. The number of carboxylic acids is 1. The van der Waals surface area contributed by atoms with Gasteiger partial charge in [-0.2, -0.15) is 0 Å². The molecule has 1 N–H and O–H groups in total. The molecule has 0 aromatic carbocycles. The summed E-state index contributed by atoms with van der Waals surface area (Å²) in [5.41, 5.74) is 0. The first-order valence-electron chi connectivity index (χ1n) is 8.27. The Morgan fingerprint density at radius 1 is 1.18 bits per heavy atom. The quantitative estimate of drug-likeness (QED) is 0.850. The first kappa shape index (κ1) is 16.8. The summed E-state index contributed by atoms with van der Waals surface area (Å²) in [5, 5.41) is 9.22. The fourth-order valence-electron chi connectivity index (χ4n) is 3.39. The van der Waals surface area contributed by atoms with E-state index in [0.717, 1.165) is 25.7 Å². The van der Waals surface area contributed by atoms with Gasteiger partial charge in [-0.25, -0.2) is 4.79 Å². The Bertz CT molecular complexity index is 451. The van der Waals surface area contributed by atoms with Gasteiger partial charge in [-0.15, -0.1) is 0 Å². The Hall–Kier alpha value is -1.59. The normalized spacial score (nSPS) is 26.8. The minimum Gasteiger partial charge on any atom is -0.480 e. The molecule has 0 aromatic heterocycles. The molecule has 22 heavy (non-hydrogen) atoms. The number of carboxylic acid groups (broad SMARTS) is 1. The third-order valence-electron chi connectivity index (χ3n) is 4.94. The highest BCUT2D eigenvalue weighted by Gasteiger charge is 2.39. The Morgan fingerprint density at radius 3 is 2.50 bits per heavy atom. The van der Waals surface area contributed by atoms with Crippen LogP contribution in [0.5, 0.6) is 0 Å². The predicted octanol–water partition coefficient (Wildman–Crippen LogP) is 1.35. The summed E-state index contributed by atoms with van der Waals surface area (Å²) >= 11 is 0. The Kier molecular flexibility index (Phi) is 5.42. The van der Waals surface area contributed by atoms with Crippen molar-refractivity contribution in [1.82, 2.24) is 9.80 Å². The lowest BCUT2D eigenvalue weighted by Gasteiger charge is -2.36. The molecule has 6 nitrogen and oxygen atoms in total. The zero-order valence-electron chi connectivity index (χ0n) is 13.5. The minimum absolute atomic E-state index is 0.0209. The fourth-order valence-corrected chi connectivity index (χ4v) is 3.39. The molecule has 0 spiro atoms. The molecule has 124 valence electrons. The average Bonchev–Trinajstić information content (AvgIpc) is 3.02.